The van der Waals surface area contributed by atoms with Crippen LogP contribution in [0.15, 0.2) is 47.2 Å². The van der Waals surface area contributed by atoms with Crippen molar-refractivity contribution in [3.05, 3.63) is 58.3 Å². The summed E-state index contributed by atoms with van der Waals surface area (Å²) in [6.45, 7) is 4.57. The highest BCUT2D eigenvalue weighted by molar-refractivity contribution is 9.10. The fourth-order valence-corrected chi connectivity index (χ4v) is 3.56. The van der Waals surface area contributed by atoms with E-state index in [4.69, 9.17) is 4.74 Å². The number of halogens is 1. The topological polar surface area (TPSA) is 62.5 Å². The van der Waals surface area contributed by atoms with Gasteiger partial charge in [-0.3, -0.25) is 4.79 Å². The number of anilines is 1. The molecule has 1 aliphatic heterocycles. The zero-order chi connectivity index (χ0) is 19.2. The van der Waals surface area contributed by atoms with E-state index in [-0.39, 0.29) is 12.0 Å². The highest BCUT2D eigenvalue weighted by atomic mass is 79.9. The molecule has 1 aliphatic rings. The summed E-state index contributed by atoms with van der Waals surface area (Å²) in [5.74, 6) is -0.158. The van der Waals surface area contributed by atoms with Gasteiger partial charge in [-0.1, -0.05) is 25.1 Å². The standard InChI is InChI=1S/C20H22BrN3O3/c1-2-8-23-13-16(12-17(21)14-23)19(25)22-18-6-4-3-5-15(18)7-9-24-10-11-27-20(24)26/h3-6,12-14H,2,7-11H2,1H3/p+1. The highest BCUT2D eigenvalue weighted by Crippen LogP contribution is 2.19. The van der Waals surface area contributed by atoms with Crippen LogP contribution in [-0.2, 0) is 17.7 Å². The molecule has 1 saturated heterocycles. The zero-order valence-corrected chi connectivity index (χ0v) is 16.9. The van der Waals surface area contributed by atoms with E-state index >= 15 is 0 Å². The van der Waals surface area contributed by atoms with Gasteiger partial charge in [0.2, 0.25) is 0 Å². The first-order valence-corrected chi connectivity index (χ1v) is 9.86. The third kappa shape index (κ3) is 5.07. The molecule has 1 aromatic heterocycles. The molecule has 0 unspecified atom stereocenters. The summed E-state index contributed by atoms with van der Waals surface area (Å²) in [6.07, 6.45) is 5.19. The summed E-state index contributed by atoms with van der Waals surface area (Å²) >= 11 is 3.47. The number of benzene rings is 1. The average Bonchev–Trinajstić information content (AvgIpc) is 3.05. The molecule has 2 aromatic rings. The molecule has 2 amide bonds. The number of cyclic esters (lactones) is 1. The maximum atomic E-state index is 12.8. The van der Waals surface area contributed by atoms with E-state index in [1.54, 1.807) is 4.90 Å². The number of para-hydroxylation sites is 1. The predicted octanol–water partition coefficient (Wildman–Crippen LogP) is 3.39. The van der Waals surface area contributed by atoms with Gasteiger partial charge in [0.1, 0.15) is 18.7 Å². The normalized spacial score (nSPS) is 13.6. The number of amides is 2. The van der Waals surface area contributed by atoms with Crippen LogP contribution in [0.1, 0.15) is 29.3 Å². The van der Waals surface area contributed by atoms with E-state index in [1.807, 2.05) is 47.3 Å². The van der Waals surface area contributed by atoms with Gasteiger partial charge in [-0.05, 0) is 40.0 Å². The SMILES string of the molecule is CCC[n+]1cc(Br)cc(C(=O)Nc2ccccc2CCN2CCOC2=O)c1. The third-order valence-corrected chi connectivity index (χ3v) is 4.83. The van der Waals surface area contributed by atoms with Crippen LogP contribution in [0.2, 0.25) is 0 Å². The number of hydrogen-bond acceptors (Lipinski definition) is 3. The first-order valence-electron chi connectivity index (χ1n) is 9.07. The lowest BCUT2D eigenvalue weighted by Gasteiger charge is -2.15. The average molecular weight is 433 g/mol. The number of pyridine rings is 1. The fraction of sp³-hybridized carbons (Fsp3) is 0.350. The Bertz CT molecular complexity index is 841. The molecule has 142 valence electrons. The van der Waals surface area contributed by atoms with Crippen LogP contribution in [0, 0.1) is 0 Å². The molecule has 0 aliphatic carbocycles. The monoisotopic (exact) mass is 432 g/mol. The van der Waals surface area contributed by atoms with Crippen molar-refractivity contribution < 1.29 is 18.9 Å². The first-order chi connectivity index (χ1) is 13.1. The van der Waals surface area contributed by atoms with Crippen LogP contribution in [0.4, 0.5) is 10.5 Å². The van der Waals surface area contributed by atoms with E-state index in [1.165, 1.54) is 0 Å². The second-order valence-corrected chi connectivity index (χ2v) is 7.36. The smallest absolute Gasteiger partial charge is 0.409 e. The summed E-state index contributed by atoms with van der Waals surface area (Å²) in [5.41, 5.74) is 2.34. The number of ether oxygens (including phenoxy) is 1. The number of aryl methyl sites for hydroxylation is 1. The molecule has 0 bridgehead atoms. The van der Waals surface area contributed by atoms with Gasteiger partial charge in [0.25, 0.3) is 5.91 Å². The number of hydrogen-bond donors (Lipinski definition) is 1. The van der Waals surface area contributed by atoms with Crippen molar-refractivity contribution in [1.29, 1.82) is 0 Å². The van der Waals surface area contributed by atoms with Crippen LogP contribution >= 0.6 is 15.9 Å². The Morgan fingerprint density at radius 3 is 2.89 bits per heavy atom. The van der Waals surface area contributed by atoms with Gasteiger partial charge in [-0.15, -0.1) is 0 Å². The van der Waals surface area contributed by atoms with Crippen LogP contribution in [0.3, 0.4) is 0 Å². The second-order valence-electron chi connectivity index (χ2n) is 6.44. The van der Waals surface area contributed by atoms with Crippen LogP contribution in [0.25, 0.3) is 0 Å². The maximum Gasteiger partial charge on any atom is 0.409 e. The molecule has 6 nitrogen and oxygen atoms in total. The van der Waals surface area contributed by atoms with Crippen molar-refractivity contribution in [1.82, 2.24) is 4.90 Å². The van der Waals surface area contributed by atoms with Gasteiger partial charge in [-0.2, -0.15) is 0 Å². The summed E-state index contributed by atoms with van der Waals surface area (Å²) in [5, 5.41) is 3.00. The summed E-state index contributed by atoms with van der Waals surface area (Å²) in [4.78, 5) is 26.0. The maximum absolute atomic E-state index is 12.8. The van der Waals surface area contributed by atoms with Crippen molar-refractivity contribution in [3.8, 4) is 0 Å². The molecule has 0 atom stereocenters. The molecule has 2 heterocycles. The molecule has 1 fully saturated rings. The van der Waals surface area contributed by atoms with Gasteiger partial charge >= 0.3 is 6.09 Å². The minimum Gasteiger partial charge on any atom is -0.448 e. The van der Waals surface area contributed by atoms with Gasteiger partial charge in [0, 0.05) is 18.7 Å². The highest BCUT2D eigenvalue weighted by Gasteiger charge is 2.22. The Morgan fingerprint density at radius 2 is 2.15 bits per heavy atom. The quantitative estimate of drug-likeness (QED) is 0.681. The lowest BCUT2D eigenvalue weighted by atomic mass is 10.1. The second kappa shape index (κ2) is 8.99. The molecule has 27 heavy (non-hydrogen) atoms. The molecule has 1 aromatic carbocycles. The molecule has 7 heteroatoms. The lowest BCUT2D eigenvalue weighted by Crippen LogP contribution is -2.34. The van der Waals surface area contributed by atoms with Crippen LogP contribution in [-0.4, -0.2) is 36.6 Å². The molecule has 0 spiro atoms. The predicted molar refractivity (Wildman–Crippen MR) is 106 cm³/mol. The summed E-state index contributed by atoms with van der Waals surface area (Å²) < 4.78 is 7.83. The molecular formula is C20H23BrN3O3+. The Kier molecular flexibility index (Phi) is 6.45. The minimum atomic E-state index is -0.272. The van der Waals surface area contributed by atoms with E-state index < -0.39 is 0 Å². The third-order valence-electron chi connectivity index (χ3n) is 4.39. The van der Waals surface area contributed by atoms with E-state index in [0.717, 1.165) is 28.7 Å². The van der Waals surface area contributed by atoms with E-state index in [2.05, 4.69) is 28.2 Å². The Hall–Kier alpha value is -2.41. The van der Waals surface area contributed by atoms with Gasteiger partial charge in [0.15, 0.2) is 12.4 Å². The molecule has 0 radical (unpaired) electrons. The van der Waals surface area contributed by atoms with Crippen molar-refractivity contribution in [2.45, 2.75) is 26.3 Å². The Morgan fingerprint density at radius 1 is 1.33 bits per heavy atom. The number of carbonyl (C=O) groups is 2. The van der Waals surface area contributed by atoms with Crippen molar-refractivity contribution in [3.63, 3.8) is 0 Å². The number of nitrogens with one attached hydrogen (secondary N) is 1. The number of nitrogens with zero attached hydrogens (tertiary/aromatic N) is 2. The van der Waals surface area contributed by atoms with Gasteiger partial charge in [-0.25, -0.2) is 9.36 Å². The van der Waals surface area contributed by atoms with E-state index in [0.29, 0.717) is 31.7 Å². The van der Waals surface area contributed by atoms with Crippen molar-refractivity contribution in [2.24, 2.45) is 0 Å². The molecule has 3 rings (SSSR count). The van der Waals surface area contributed by atoms with E-state index in [9.17, 15) is 9.59 Å². The lowest BCUT2D eigenvalue weighted by molar-refractivity contribution is -0.697. The van der Waals surface area contributed by atoms with Crippen molar-refractivity contribution >= 4 is 33.6 Å². The Balaban J connectivity index is 1.72. The summed E-state index contributed by atoms with van der Waals surface area (Å²) in [6, 6.07) is 9.48. The fourth-order valence-electron chi connectivity index (χ4n) is 3.05. The molecular weight excluding hydrogens is 410 g/mol. The number of aromatic nitrogens is 1. The zero-order valence-electron chi connectivity index (χ0n) is 15.3. The van der Waals surface area contributed by atoms with Crippen LogP contribution < -0.4 is 9.88 Å². The largest absolute Gasteiger partial charge is 0.448 e. The molecule has 0 saturated carbocycles. The molecule has 1 N–H and O–H groups in total. The first kappa shape index (κ1) is 19.4. The Labute approximate surface area is 167 Å². The number of carbonyl (C=O) groups excluding carboxylic acids is 2. The minimum absolute atomic E-state index is 0.158. The number of rotatable bonds is 7. The summed E-state index contributed by atoms with van der Waals surface area (Å²) in [7, 11) is 0. The van der Waals surface area contributed by atoms with Gasteiger partial charge in [0.05, 0.1) is 11.0 Å². The van der Waals surface area contributed by atoms with Crippen LogP contribution in [0.5, 0.6) is 0 Å². The van der Waals surface area contributed by atoms with Crippen molar-refractivity contribution in [2.75, 3.05) is 25.0 Å². The van der Waals surface area contributed by atoms with Gasteiger partial charge < -0.3 is 15.0 Å².